The average Bonchev–Trinajstić information content (AvgIpc) is 1.86. The molecule has 0 saturated heterocycles. The Morgan fingerprint density at radius 1 is 1.31 bits per heavy atom. The third kappa shape index (κ3) is 3.80. The first-order chi connectivity index (χ1) is 5.25. The van der Waals surface area contributed by atoms with Crippen LogP contribution >= 0.6 is 0 Å². The molecule has 0 aliphatic rings. The first kappa shape index (κ1) is 16.2. The Kier molecular flexibility index (Phi) is 7.01. The first-order valence-electron chi connectivity index (χ1n) is 2.71. The van der Waals surface area contributed by atoms with Crippen molar-refractivity contribution in [1.29, 1.82) is 0 Å². The molecule has 0 fully saturated rings. The molecule has 0 aliphatic heterocycles. The van der Waals surface area contributed by atoms with Crippen molar-refractivity contribution in [3.63, 3.8) is 0 Å². The van der Waals surface area contributed by atoms with Gasteiger partial charge in [0.05, 0.1) is 0 Å². The second kappa shape index (κ2) is 5.62. The van der Waals surface area contributed by atoms with E-state index >= 15 is 0 Å². The van der Waals surface area contributed by atoms with Gasteiger partial charge in [0, 0.05) is 24.1 Å². The summed E-state index contributed by atoms with van der Waals surface area (Å²) in [5, 5.41) is 2.80. The molecule has 0 aromatic rings. The minimum atomic E-state index is -5.13. The maximum Gasteiger partial charge on any atom is 1.00 e. The van der Waals surface area contributed by atoms with Gasteiger partial charge in [0.25, 0.3) is 0 Å². The van der Waals surface area contributed by atoms with Crippen LogP contribution in [0.5, 0.6) is 0 Å². The molecule has 0 bridgehead atoms. The summed E-state index contributed by atoms with van der Waals surface area (Å²) < 4.78 is 67.6. The molecule has 0 rings (SSSR count). The Labute approximate surface area is 96.1 Å². The summed E-state index contributed by atoms with van der Waals surface area (Å²) in [7, 11) is 0. The summed E-state index contributed by atoms with van der Waals surface area (Å²) in [5.41, 5.74) is 0. The molecule has 1 atom stereocenters. The maximum atomic E-state index is 12.1. The quantitative estimate of drug-likeness (QED) is 0.330. The van der Waals surface area contributed by atoms with E-state index in [9.17, 15) is 26.3 Å². The first-order valence-corrected chi connectivity index (χ1v) is 3.79. The molecule has 0 heterocycles. The van der Waals surface area contributed by atoms with Gasteiger partial charge in [0.1, 0.15) is 0 Å². The molecule has 0 saturated carbocycles. The number of aliphatic hydroxyl groups is 1. The van der Waals surface area contributed by atoms with Crippen molar-refractivity contribution < 1.29 is 61.0 Å². The van der Waals surface area contributed by atoms with E-state index in [-0.39, 0.29) is 29.6 Å². The molecule has 74 valence electrons. The SMILES string of the molecule is O=S([O-])C(F)(F)C(F)(F)CCO.[Na+]. The van der Waals surface area contributed by atoms with Crippen molar-refractivity contribution in [3.05, 3.63) is 0 Å². The van der Waals surface area contributed by atoms with Crippen LogP contribution in [0.4, 0.5) is 17.6 Å². The van der Waals surface area contributed by atoms with Crippen molar-refractivity contribution in [2.45, 2.75) is 17.6 Å². The van der Waals surface area contributed by atoms with Gasteiger partial charge < -0.3 is 9.66 Å². The third-order valence-corrected chi connectivity index (χ3v) is 1.78. The Morgan fingerprint density at radius 3 is 1.92 bits per heavy atom. The van der Waals surface area contributed by atoms with Crippen LogP contribution in [0, 0.1) is 0 Å². The van der Waals surface area contributed by atoms with Crippen LogP contribution < -0.4 is 29.6 Å². The normalized spacial score (nSPS) is 14.9. The van der Waals surface area contributed by atoms with Crippen LogP contribution in [0.2, 0.25) is 0 Å². The van der Waals surface area contributed by atoms with E-state index in [0.29, 0.717) is 0 Å². The van der Waals surface area contributed by atoms with Gasteiger partial charge in [-0.1, -0.05) is 0 Å². The number of halogens is 4. The number of hydrogen-bond donors (Lipinski definition) is 1. The number of hydrogen-bond acceptors (Lipinski definition) is 3. The van der Waals surface area contributed by atoms with Crippen LogP contribution in [0.3, 0.4) is 0 Å². The Balaban J connectivity index is 0. The summed E-state index contributed by atoms with van der Waals surface area (Å²) in [4.78, 5) is 0. The molecule has 0 aromatic heterocycles. The molecule has 1 N–H and O–H groups in total. The molecular formula is C4H5F4NaO3S. The van der Waals surface area contributed by atoms with Crippen LogP contribution in [-0.4, -0.2) is 31.7 Å². The molecular weight excluding hydrogens is 227 g/mol. The van der Waals surface area contributed by atoms with E-state index in [2.05, 4.69) is 0 Å². The second-order valence-electron chi connectivity index (χ2n) is 1.93. The Hall–Kier alpha value is 0.790. The molecule has 0 aromatic carbocycles. The van der Waals surface area contributed by atoms with Gasteiger partial charge >= 0.3 is 40.7 Å². The molecule has 3 nitrogen and oxygen atoms in total. The zero-order chi connectivity index (χ0) is 9.99. The summed E-state index contributed by atoms with van der Waals surface area (Å²) in [6, 6.07) is 0. The largest absolute Gasteiger partial charge is 1.00 e. The minimum Gasteiger partial charge on any atom is -0.768 e. The molecule has 0 spiro atoms. The van der Waals surface area contributed by atoms with Crippen molar-refractivity contribution in [2.75, 3.05) is 6.61 Å². The number of aliphatic hydroxyl groups excluding tert-OH is 1. The fourth-order valence-electron chi connectivity index (χ4n) is 0.408. The second-order valence-corrected chi connectivity index (χ2v) is 2.91. The number of alkyl halides is 4. The van der Waals surface area contributed by atoms with E-state index in [1.807, 2.05) is 0 Å². The zero-order valence-corrected chi connectivity index (χ0v) is 9.41. The van der Waals surface area contributed by atoms with Gasteiger partial charge in [-0.2, -0.15) is 17.6 Å². The fraction of sp³-hybridized carbons (Fsp3) is 1.00. The van der Waals surface area contributed by atoms with Gasteiger partial charge in [0.15, 0.2) is 0 Å². The van der Waals surface area contributed by atoms with Crippen molar-refractivity contribution in [3.8, 4) is 0 Å². The zero-order valence-electron chi connectivity index (χ0n) is 6.60. The van der Waals surface area contributed by atoms with Crippen molar-refractivity contribution in [1.82, 2.24) is 0 Å². The van der Waals surface area contributed by atoms with Crippen LogP contribution in [0.25, 0.3) is 0 Å². The smallest absolute Gasteiger partial charge is 0.768 e. The van der Waals surface area contributed by atoms with E-state index in [4.69, 9.17) is 5.11 Å². The van der Waals surface area contributed by atoms with Gasteiger partial charge in [0.2, 0.25) is 0 Å². The van der Waals surface area contributed by atoms with E-state index in [1.54, 1.807) is 0 Å². The fourth-order valence-corrected chi connectivity index (χ4v) is 0.754. The Bertz CT molecular complexity index is 188. The van der Waals surface area contributed by atoms with Crippen molar-refractivity contribution >= 4 is 11.1 Å². The number of rotatable bonds is 4. The van der Waals surface area contributed by atoms with Gasteiger partial charge in [-0.15, -0.1) is 0 Å². The predicted octanol–water partition coefficient (Wildman–Crippen LogP) is -2.52. The van der Waals surface area contributed by atoms with Crippen molar-refractivity contribution in [2.24, 2.45) is 0 Å². The Morgan fingerprint density at radius 2 is 1.69 bits per heavy atom. The van der Waals surface area contributed by atoms with Crippen LogP contribution in [-0.2, 0) is 11.1 Å². The molecule has 9 heteroatoms. The standard InChI is InChI=1S/C4H6F4O3S.Na/c5-3(6,1-2-9)4(7,8)12(10)11;/h9H,1-2H2,(H,10,11);/q;+1/p-1. The summed E-state index contributed by atoms with van der Waals surface area (Å²) in [5.74, 6) is -4.73. The van der Waals surface area contributed by atoms with Gasteiger partial charge in [-0.05, 0) is 0 Å². The van der Waals surface area contributed by atoms with Crippen LogP contribution in [0.1, 0.15) is 6.42 Å². The summed E-state index contributed by atoms with van der Waals surface area (Å²) in [6.45, 7) is -1.21. The average molecular weight is 232 g/mol. The van der Waals surface area contributed by atoms with Crippen LogP contribution in [0.15, 0.2) is 0 Å². The van der Waals surface area contributed by atoms with E-state index in [0.717, 1.165) is 0 Å². The minimum absolute atomic E-state index is 0. The molecule has 13 heavy (non-hydrogen) atoms. The summed E-state index contributed by atoms with van der Waals surface area (Å²) >= 11 is -4.19. The maximum absolute atomic E-state index is 12.1. The molecule has 1 unspecified atom stereocenters. The van der Waals surface area contributed by atoms with E-state index < -0.39 is 35.3 Å². The molecule has 0 amide bonds. The van der Waals surface area contributed by atoms with Gasteiger partial charge in [-0.3, -0.25) is 4.21 Å². The monoisotopic (exact) mass is 232 g/mol. The van der Waals surface area contributed by atoms with E-state index in [1.165, 1.54) is 0 Å². The van der Waals surface area contributed by atoms with Gasteiger partial charge in [-0.25, -0.2) is 0 Å². The molecule has 0 radical (unpaired) electrons. The topological polar surface area (TPSA) is 60.4 Å². The predicted molar refractivity (Wildman–Crippen MR) is 30.5 cm³/mol. The summed E-state index contributed by atoms with van der Waals surface area (Å²) in [6.07, 6.45) is -1.59. The third-order valence-electron chi connectivity index (χ3n) is 1.06. The molecule has 0 aliphatic carbocycles.